The van der Waals surface area contributed by atoms with Gasteiger partial charge >= 0.3 is 0 Å². The van der Waals surface area contributed by atoms with Crippen molar-refractivity contribution in [2.24, 2.45) is 20.0 Å². The van der Waals surface area contributed by atoms with Gasteiger partial charge in [0, 0.05) is 0 Å². The van der Waals surface area contributed by atoms with Crippen molar-refractivity contribution in [2.45, 2.75) is 13.8 Å². The number of hydrogen-bond donors (Lipinski definition) is 0. The molecular formula is C22H18N4. The minimum absolute atomic E-state index is 0.761. The van der Waals surface area contributed by atoms with E-state index in [4.69, 9.17) is 0 Å². The molecule has 0 aliphatic heterocycles. The molecule has 0 spiro atoms. The van der Waals surface area contributed by atoms with Gasteiger partial charge in [0.25, 0.3) is 0 Å². The Bertz CT molecular complexity index is 936. The first-order valence-corrected chi connectivity index (χ1v) is 8.26. The number of benzene rings is 3. The van der Waals surface area contributed by atoms with Gasteiger partial charge < -0.3 is 0 Å². The van der Waals surface area contributed by atoms with Crippen LogP contribution in [-0.4, -0.2) is 12.0 Å². The second kappa shape index (κ2) is 8.50. The Kier molecular flexibility index (Phi) is 5.64. The molecule has 0 heterocycles. The Hall–Kier alpha value is -3.58. The second-order valence-electron chi connectivity index (χ2n) is 5.74. The van der Waals surface area contributed by atoms with E-state index in [1.165, 1.54) is 0 Å². The maximum Gasteiger partial charge on any atom is 0.100 e. The number of aliphatic imine (C=N–C) groups is 4. The zero-order valence-electron chi connectivity index (χ0n) is 14.7. The van der Waals surface area contributed by atoms with Crippen molar-refractivity contribution in [3.63, 3.8) is 0 Å². The Labute approximate surface area is 153 Å². The maximum absolute atomic E-state index is 4.25. The fraction of sp³-hybridized carbons (Fsp3) is 0.0909. The molecule has 0 aromatic heterocycles. The molecule has 0 saturated carbocycles. The van der Waals surface area contributed by atoms with Crippen molar-refractivity contribution in [1.82, 2.24) is 0 Å². The van der Waals surface area contributed by atoms with Crippen molar-refractivity contribution in [2.75, 3.05) is 0 Å². The van der Waals surface area contributed by atoms with Gasteiger partial charge in [0.2, 0.25) is 0 Å². The molecule has 0 unspecified atom stereocenters. The minimum atomic E-state index is 0.761. The quantitative estimate of drug-likeness (QED) is 0.483. The van der Waals surface area contributed by atoms with Crippen LogP contribution in [0.4, 0.5) is 22.7 Å². The van der Waals surface area contributed by atoms with Crippen LogP contribution in [0.5, 0.6) is 0 Å². The van der Waals surface area contributed by atoms with Crippen molar-refractivity contribution < 1.29 is 0 Å². The first-order chi connectivity index (χ1) is 12.7. The molecule has 26 heavy (non-hydrogen) atoms. The van der Waals surface area contributed by atoms with E-state index < -0.39 is 0 Å². The predicted molar refractivity (Wildman–Crippen MR) is 107 cm³/mol. The third-order valence-electron chi connectivity index (χ3n) is 3.78. The summed E-state index contributed by atoms with van der Waals surface area (Å²) in [5, 5.41) is 0. The first kappa shape index (κ1) is 17.2. The Morgan fingerprint density at radius 2 is 0.885 bits per heavy atom. The lowest BCUT2D eigenvalue weighted by atomic mass is 10.2. The van der Waals surface area contributed by atoms with E-state index in [0.717, 1.165) is 33.9 Å². The number of para-hydroxylation sites is 2. The lowest BCUT2D eigenvalue weighted by Crippen LogP contribution is -1.72. The average Bonchev–Trinajstić information content (AvgIpc) is 2.66. The molecular weight excluding hydrogens is 320 g/mol. The number of nitrogens with zero attached hydrogens (tertiary/aromatic N) is 4. The van der Waals surface area contributed by atoms with Gasteiger partial charge in [0.15, 0.2) is 0 Å². The highest BCUT2D eigenvalue weighted by Gasteiger charge is 1.93. The second-order valence-corrected chi connectivity index (χ2v) is 5.74. The summed E-state index contributed by atoms with van der Waals surface area (Å²) in [6.45, 7) is 4.01. The van der Waals surface area contributed by atoms with E-state index in [1.807, 2.05) is 86.6 Å². The molecule has 4 nitrogen and oxygen atoms in total. The van der Waals surface area contributed by atoms with Crippen LogP contribution in [0.2, 0.25) is 0 Å². The van der Waals surface area contributed by atoms with Crippen molar-refractivity contribution in [1.29, 1.82) is 0 Å². The molecule has 3 aromatic rings. The SMILES string of the molecule is Cc1ccccc1N=C=Nc1ccc(N=C=Nc2ccccc2C)cc1. The Morgan fingerprint density at radius 1 is 0.500 bits per heavy atom. The standard InChI is InChI=1S/C22H18N4/c1-17-7-3-5-9-21(17)25-15-23-19-11-13-20(14-12-19)24-16-26-22-10-6-4-8-18(22)2/h3-14H,1-2H3. The fourth-order valence-electron chi connectivity index (χ4n) is 2.25. The summed E-state index contributed by atoms with van der Waals surface area (Å²) in [5.41, 5.74) is 5.43. The normalized spacial score (nSPS) is 9.62. The third-order valence-corrected chi connectivity index (χ3v) is 3.78. The summed E-state index contributed by atoms with van der Waals surface area (Å²) in [4.78, 5) is 16.9. The molecule has 0 N–H and O–H groups in total. The highest BCUT2D eigenvalue weighted by atomic mass is 14.8. The average molecular weight is 338 g/mol. The molecule has 0 aliphatic rings. The fourth-order valence-corrected chi connectivity index (χ4v) is 2.25. The van der Waals surface area contributed by atoms with Crippen LogP contribution in [0.15, 0.2) is 92.8 Å². The van der Waals surface area contributed by atoms with Crippen LogP contribution in [0.3, 0.4) is 0 Å². The topological polar surface area (TPSA) is 49.4 Å². The summed E-state index contributed by atoms with van der Waals surface area (Å²) >= 11 is 0. The molecule has 3 rings (SSSR count). The van der Waals surface area contributed by atoms with Crippen LogP contribution in [0, 0.1) is 13.8 Å². The van der Waals surface area contributed by atoms with Gasteiger partial charge in [-0.2, -0.15) is 20.0 Å². The summed E-state index contributed by atoms with van der Waals surface area (Å²) < 4.78 is 0. The summed E-state index contributed by atoms with van der Waals surface area (Å²) in [6.07, 6.45) is 0. The molecule has 0 atom stereocenters. The molecule has 4 heteroatoms. The third kappa shape index (κ3) is 4.71. The first-order valence-electron chi connectivity index (χ1n) is 8.26. The van der Waals surface area contributed by atoms with E-state index in [1.54, 1.807) is 0 Å². The predicted octanol–water partition coefficient (Wildman–Crippen LogP) is 6.58. The zero-order chi connectivity index (χ0) is 18.2. The van der Waals surface area contributed by atoms with E-state index in [2.05, 4.69) is 32.0 Å². The number of hydrogen-bond acceptors (Lipinski definition) is 4. The van der Waals surface area contributed by atoms with Crippen molar-refractivity contribution in [3.05, 3.63) is 83.9 Å². The van der Waals surface area contributed by atoms with Gasteiger partial charge in [-0.25, -0.2) is 0 Å². The van der Waals surface area contributed by atoms with Crippen molar-refractivity contribution >= 4 is 34.8 Å². The van der Waals surface area contributed by atoms with Gasteiger partial charge in [-0.3, -0.25) is 0 Å². The van der Waals surface area contributed by atoms with Crippen LogP contribution in [0.1, 0.15) is 11.1 Å². The lowest BCUT2D eigenvalue weighted by molar-refractivity contribution is 1.39. The maximum atomic E-state index is 4.25. The van der Waals surface area contributed by atoms with Crippen molar-refractivity contribution in [3.8, 4) is 0 Å². The largest absolute Gasteiger partial charge is 0.188 e. The molecule has 0 saturated heterocycles. The monoisotopic (exact) mass is 338 g/mol. The van der Waals surface area contributed by atoms with Gasteiger partial charge in [0.1, 0.15) is 12.0 Å². The van der Waals surface area contributed by atoms with Crippen LogP contribution in [-0.2, 0) is 0 Å². The molecule has 0 bridgehead atoms. The molecule has 126 valence electrons. The Balaban J connectivity index is 1.71. The van der Waals surface area contributed by atoms with Gasteiger partial charge in [-0.15, -0.1) is 0 Å². The van der Waals surface area contributed by atoms with Crippen LogP contribution >= 0.6 is 0 Å². The van der Waals surface area contributed by atoms with Crippen LogP contribution < -0.4 is 0 Å². The van der Waals surface area contributed by atoms with Gasteiger partial charge in [0.05, 0.1) is 22.7 Å². The van der Waals surface area contributed by atoms with E-state index in [-0.39, 0.29) is 0 Å². The summed E-state index contributed by atoms with van der Waals surface area (Å²) in [6, 6.07) is 28.6. The van der Waals surface area contributed by atoms with Gasteiger partial charge in [-0.05, 0) is 61.4 Å². The summed E-state index contributed by atoms with van der Waals surface area (Å²) in [7, 11) is 0. The lowest BCUT2D eigenvalue weighted by Gasteiger charge is -1.95. The molecule has 0 fully saturated rings. The molecule has 3 aromatic carbocycles. The van der Waals surface area contributed by atoms with Gasteiger partial charge in [-0.1, -0.05) is 36.4 Å². The molecule has 0 aliphatic carbocycles. The minimum Gasteiger partial charge on any atom is -0.188 e. The Morgan fingerprint density at radius 3 is 1.27 bits per heavy atom. The molecule has 0 amide bonds. The van der Waals surface area contributed by atoms with Crippen LogP contribution in [0.25, 0.3) is 0 Å². The summed E-state index contributed by atoms with van der Waals surface area (Å²) in [5.74, 6) is 0. The highest BCUT2D eigenvalue weighted by molar-refractivity contribution is 5.63. The number of rotatable bonds is 4. The van der Waals surface area contributed by atoms with E-state index in [9.17, 15) is 0 Å². The smallest absolute Gasteiger partial charge is 0.100 e. The van der Waals surface area contributed by atoms with E-state index in [0.29, 0.717) is 0 Å². The molecule has 0 radical (unpaired) electrons. The zero-order valence-corrected chi connectivity index (χ0v) is 14.7. The number of aryl methyl sites for hydroxylation is 2. The highest BCUT2D eigenvalue weighted by Crippen LogP contribution is 2.20. The van der Waals surface area contributed by atoms with E-state index >= 15 is 0 Å².